The van der Waals surface area contributed by atoms with E-state index in [4.69, 9.17) is 0 Å². The van der Waals surface area contributed by atoms with Gasteiger partial charge in [0.1, 0.15) is 0 Å². The highest BCUT2D eigenvalue weighted by atomic mass is 32.2. The van der Waals surface area contributed by atoms with Gasteiger partial charge >= 0.3 is 6.03 Å². The molecule has 2 fully saturated rings. The van der Waals surface area contributed by atoms with Gasteiger partial charge in [-0.05, 0) is 37.3 Å². The number of anilines is 2. The molecular weight excluding hydrogens is 316 g/mol. The SMILES string of the molecule is O=C(NCC1CCS(=O)(=O)C1)Nc1cccnc1N1CCCC1. The summed E-state index contributed by atoms with van der Waals surface area (Å²) in [6, 6.07) is 3.31. The standard InChI is InChI=1S/C15H22N4O3S/c20-15(17-10-12-5-9-23(21,22)11-12)18-13-4-3-6-16-14(13)19-7-1-2-8-19/h3-4,6,12H,1-2,5,7-11H2,(H2,17,18,20). The smallest absolute Gasteiger partial charge is 0.319 e. The molecule has 1 unspecified atom stereocenters. The van der Waals surface area contributed by atoms with Gasteiger partial charge in [0.05, 0.1) is 17.2 Å². The van der Waals surface area contributed by atoms with Crippen LogP contribution in [0.3, 0.4) is 0 Å². The van der Waals surface area contributed by atoms with Crippen molar-refractivity contribution < 1.29 is 13.2 Å². The average molecular weight is 338 g/mol. The van der Waals surface area contributed by atoms with Crippen molar-refractivity contribution in [3.63, 3.8) is 0 Å². The van der Waals surface area contributed by atoms with Crippen LogP contribution in [-0.4, -0.2) is 50.6 Å². The van der Waals surface area contributed by atoms with Gasteiger partial charge in [0, 0.05) is 25.8 Å². The lowest BCUT2D eigenvalue weighted by Gasteiger charge is -2.20. The third kappa shape index (κ3) is 4.13. The summed E-state index contributed by atoms with van der Waals surface area (Å²) >= 11 is 0. The Labute approximate surface area is 136 Å². The van der Waals surface area contributed by atoms with Crippen molar-refractivity contribution in [1.29, 1.82) is 0 Å². The van der Waals surface area contributed by atoms with E-state index in [0.29, 0.717) is 18.7 Å². The Hall–Kier alpha value is -1.83. The van der Waals surface area contributed by atoms with E-state index >= 15 is 0 Å². The number of sulfone groups is 1. The predicted octanol–water partition coefficient (Wildman–Crippen LogP) is 1.24. The minimum Gasteiger partial charge on any atom is -0.355 e. The van der Waals surface area contributed by atoms with E-state index < -0.39 is 9.84 Å². The Bertz CT molecular complexity index is 671. The Morgan fingerprint density at radius 1 is 1.35 bits per heavy atom. The molecule has 3 rings (SSSR count). The van der Waals surface area contributed by atoms with Gasteiger partial charge in [0.15, 0.2) is 15.7 Å². The minimum absolute atomic E-state index is 0.0118. The van der Waals surface area contributed by atoms with E-state index in [1.807, 2.05) is 6.07 Å². The van der Waals surface area contributed by atoms with Gasteiger partial charge in [-0.3, -0.25) is 0 Å². The first kappa shape index (κ1) is 16.0. The number of urea groups is 1. The summed E-state index contributed by atoms with van der Waals surface area (Å²) < 4.78 is 22.9. The van der Waals surface area contributed by atoms with E-state index in [2.05, 4.69) is 20.5 Å². The molecule has 0 aromatic carbocycles. The zero-order chi connectivity index (χ0) is 16.3. The fourth-order valence-corrected chi connectivity index (χ4v) is 4.97. The molecule has 0 aliphatic carbocycles. The summed E-state index contributed by atoms with van der Waals surface area (Å²) in [7, 11) is -2.91. The molecule has 8 heteroatoms. The number of carbonyl (C=O) groups excluding carboxylic acids is 1. The number of rotatable bonds is 4. The number of nitrogens with one attached hydrogen (secondary N) is 2. The van der Waals surface area contributed by atoms with Gasteiger partial charge in [0.2, 0.25) is 0 Å². The maximum Gasteiger partial charge on any atom is 0.319 e. The van der Waals surface area contributed by atoms with Crippen LogP contribution < -0.4 is 15.5 Å². The maximum atomic E-state index is 12.1. The fraction of sp³-hybridized carbons (Fsp3) is 0.600. The van der Waals surface area contributed by atoms with Crippen LogP contribution in [0.2, 0.25) is 0 Å². The first-order valence-corrected chi connectivity index (χ1v) is 9.81. The average Bonchev–Trinajstić information content (AvgIpc) is 3.15. The predicted molar refractivity (Wildman–Crippen MR) is 89.5 cm³/mol. The third-order valence-electron chi connectivity index (χ3n) is 4.32. The van der Waals surface area contributed by atoms with Crippen molar-refractivity contribution >= 4 is 27.4 Å². The van der Waals surface area contributed by atoms with Gasteiger partial charge in [-0.2, -0.15) is 0 Å². The molecule has 126 valence electrons. The Morgan fingerprint density at radius 3 is 2.83 bits per heavy atom. The number of aromatic nitrogens is 1. The van der Waals surface area contributed by atoms with E-state index in [9.17, 15) is 13.2 Å². The molecule has 0 radical (unpaired) electrons. The molecule has 2 saturated heterocycles. The minimum atomic E-state index is -2.91. The van der Waals surface area contributed by atoms with Crippen molar-refractivity contribution in [3.8, 4) is 0 Å². The maximum absolute atomic E-state index is 12.1. The zero-order valence-corrected chi connectivity index (χ0v) is 13.8. The van der Waals surface area contributed by atoms with E-state index in [1.54, 1.807) is 12.3 Å². The topological polar surface area (TPSA) is 91.4 Å². The highest BCUT2D eigenvalue weighted by Crippen LogP contribution is 2.26. The van der Waals surface area contributed by atoms with E-state index in [1.165, 1.54) is 0 Å². The van der Waals surface area contributed by atoms with Gasteiger partial charge in [-0.15, -0.1) is 0 Å². The normalized spacial score (nSPS) is 23.0. The van der Waals surface area contributed by atoms with Crippen molar-refractivity contribution in [2.24, 2.45) is 5.92 Å². The summed E-state index contributed by atoms with van der Waals surface area (Å²) in [5.41, 5.74) is 0.686. The molecule has 7 nitrogen and oxygen atoms in total. The summed E-state index contributed by atoms with van der Waals surface area (Å²) in [4.78, 5) is 18.6. The summed E-state index contributed by atoms with van der Waals surface area (Å²) in [5.74, 6) is 1.20. The van der Waals surface area contributed by atoms with Crippen LogP contribution in [0.5, 0.6) is 0 Å². The first-order valence-electron chi connectivity index (χ1n) is 7.99. The quantitative estimate of drug-likeness (QED) is 0.862. The highest BCUT2D eigenvalue weighted by Gasteiger charge is 2.28. The van der Waals surface area contributed by atoms with Crippen LogP contribution in [0, 0.1) is 5.92 Å². The molecule has 2 N–H and O–H groups in total. The second kappa shape index (κ2) is 6.74. The molecular formula is C15H22N4O3S. The third-order valence-corrected chi connectivity index (χ3v) is 6.16. The second-order valence-electron chi connectivity index (χ2n) is 6.17. The van der Waals surface area contributed by atoms with E-state index in [-0.39, 0.29) is 23.5 Å². The first-order chi connectivity index (χ1) is 11.0. The second-order valence-corrected chi connectivity index (χ2v) is 8.40. The zero-order valence-electron chi connectivity index (χ0n) is 13.0. The van der Waals surface area contributed by atoms with Gasteiger partial charge in [-0.1, -0.05) is 0 Å². The molecule has 2 aliphatic rings. The van der Waals surface area contributed by atoms with Crippen LogP contribution in [0.15, 0.2) is 18.3 Å². The van der Waals surface area contributed by atoms with Gasteiger partial charge in [-0.25, -0.2) is 18.2 Å². The highest BCUT2D eigenvalue weighted by molar-refractivity contribution is 7.91. The Morgan fingerprint density at radius 2 is 2.13 bits per heavy atom. The lowest BCUT2D eigenvalue weighted by molar-refractivity contribution is 0.250. The molecule has 2 aliphatic heterocycles. The van der Waals surface area contributed by atoms with Crippen molar-refractivity contribution in [2.75, 3.05) is 41.4 Å². The fourth-order valence-electron chi connectivity index (χ4n) is 3.11. The van der Waals surface area contributed by atoms with Crippen LogP contribution in [0.4, 0.5) is 16.3 Å². The number of hydrogen-bond donors (Lipinski definition) is 2. The molecule has 1 aromatic heterocycles. The van der Waals surface area contributed by atoms with Crippen LogP contribution in [-0.2, 0) is 9.84 Å². The number of pyridine rings is 1. The number of hydrogen-bond acceptors (Lipinski definition) is 5. The molecule has 23 heavy (non-hydrogen) atoms. The molecule has 3 heterocycles. The Kier molecular flexibility index (Phi) is 4.70. The van der Waals surface area contributed by atoms with Crippen LogP contribution >= 0.6 is 0 Å². The lowest BCUT2D eigenvalue weighted by atomic mass is 10.1. The molecule has 1 atom stereocenters. The Balaban J connectivity index is 1.56. The number of nitrogens with zero attached hydrogens (tertiary/aromatic N) is 2. The molecule has 0 saturated carbocycles. The van der Waals surface area contributed by atoms with Crippen molar-refractivity contribution in [3.05, 3.63) is 18.3 Å². The van der Waals surface area contributed by atoms with Crippen LogP contribution in [0.25, 0.3) is 0 Å². The van der Waals surface area contributed by atoms with E-state index in [0.717, 1.165) is 31.7 Å². The van der Waals surface area contributed by atoms with Crippen molar-refractivity contribution in [1.82, 2.24) is 10.3 Å². The molecule has 0 bridgehead atoms. The van der Waals surface area contributed by atoms with Gasteiger partial charge < -0.3 is 15.5 Å². The van der Waals surface area contributed by atoms with Crippen LogP contribution in [0.1, 0.15) is 19.3 Å². The number of carbonyl (C=O) groups is 1. The number of amides is 2. The summed E-state index contributed by atoms with van der Waals surface area (Å²) in [5, 5.41) is 5.60. The largest absolute Gasteiger partial charge is 0.355 e. The van der Waals surface area contributed by atoms with Crippen molar-refractivity contribution in [2.45, 2.75) is 19.3 Å². The summed E-state index contributed by atoms with van der Waals surface area (Å²) in [6.45, 7) is 2.28. The lowest BCUT2D eigenvalue weighted by Crippen LogP contribution is -2.34. The molecule has 2 amide bonds. The summed E-state index contributed by atoms with van der Waals surface area (Å²) in [6.07, 6.45) is 4.62. The monoisotopic (exact) mass is 338 g/mol. The molecule has 0 spiro atoms. The molecule has 1 aromatic rings. The van der Waals surface area contributed by atoms with Gasteiger partial charge in [0.25, 0.3) is 0 Å².